The van der Waals surface area contributed by atoms with E-state index in [-0.39, 0.29) is 0 Å². The Hall–Kier alpha value is -7.16. The maximum Gasteiger partial charge on any atom is 0.0547 e. The highest BCUT2D eigenvalue weighted by Crippen LogP contribution is 2.41. The molecule has 0 aliphatic rings. The molecule has 0 N–H and O–H groups in total. The van der Waals surface area contributed by atoms with Crippen LogP contribution in [-0.4, -0.2) is 9.13 Å². The number of hydrogen-bond donors (Lipinski definition) is 0. The van der Waals surface area contributed by atoms with E-state index in [0.29, 0.717) is 0 Å². The molecule has 0 saturated carbocycles. The average molecular weight is 687 g/mol. The lowest BCUT2D eigenvalue weighted by Gasteiger charge is -2.15. The van der Waals surface area contributed by atoms with Gasteiger partial charge < -0.3 is 9.13 Å². The van der Waals surface area contributed by atoms with Gasteiger partial charge in [-0.3, -0.25) is 0 Å². The SMILES string of the molecule is c1ccc(-c2cccc3c2c2ccccc2n3-c2ccc(-c3cccc4cccc(-c5cccc(-n6c7ccccc7c7ccccc76)c5)c34)cc2)cc1. The fourth-order valence-electron chi connectivity index (χ4n) is 8.78. The van der Waals surface area contributed by atoms with E-state index < -0.39 is 0 Å². The highest BCUT2D eigenvalue weighted by Gasteiger charge is 2.17. The van der Waals surface area contributed by atoms with Gasteiger partial charge >= 0.3 is 0 Å². The summed E-state index contributed by atoms with van der Waals surface area (Å²) in [5.41, 5.74) is 14.5. The monoisotopic (exact) mass is 686 g/mol. The van der Waals surface area contributed by atoms with Crippen molar-refractivity contribution in [1.82, 2.24) is 9.13 Å². The first-order chi connectivity index (χ1) is 26.8. The Bertz CT molecular complexity index is 3140. The molecule has 54 heavy (non-hydrogen) atoms. The summed E-state index contributed by atoms with van der Waals surface area (Å²) in [7, 11) is 0. The van der Waals surface area contributed by atoms with Gasteiger partial charge in [-0.2, -0.15) is 0 Å². The summed E-state index contributed by atoms with van der Waals surface area (Å²) in [6.07, 6.45) is 0. The molecule has 0 saturated heterocycles. The van der Waals surface area contributed by atoms with Crippen molar-refractivity contribution in [2.24, 2.45) is 0 Å². The van der Waals surface area contributed by atoms with Crippen molar-refractivity contribution in [2.75, 3.05) is 0 Å². The molecule has 0 atom stereocenters. The van der Waals surface area contributed by atoms with Gasteiger partial charge in [-0.1, -0.05) is 158 Å². The molecule has 0 unspecified atom stereocenters. The summed E-state index contributed by atoms with van der Waals surface area (Å²) in [5.74, 6) is 0. The maximum absolute atomic E-state index is 2.41. The summed E-state index contributed by atoms with van der Waals surface area (Å²) in [6, 6.07) is 75.1. The van der Waals surface area contributed by atoms with Crippen LogP contribution in [0.2, 0.25) is 0 Å². The van der Waals surface area contributed by atoms with Gasteiger partial charge in [0.1, 0.15) is 0 Å². The fourth-order valence-corrected chi connectivity index (χ4v) is 8.78. The Balaban J connectivity index is 1.05. The van der Waals surface area contributed by atoms with Crippen LogP contribution in [0.3, 0.4) is 0 Å². The van der Waals surface area contributed by atoms with E-state index in [0.717, 1.165) is 11.4 Å². The molecule has 2 heteroatoms. The molecular formula is C52H34N2. The van der Waals surface area contributed by atoms with Crippen LogP contribution in [0.15, 0.2) is 206 Å². The zero-order chi connectivity index (χ0) is 35.6. The lowest BCUT2D eigenvalue weighted by Crippen LogP contribution is -1.95. The van der Waals surface area contributed by atoms with Crippen LogP contribution in [0.1, 0.15) is 0 Å². The quantitative estimate of drug-likeness (QED) is 0.171. The molecule has 0 aliphatic carbocycles. The zero-order valence-electron chi connectivity index (χ0n) is 29.5. The molecule has 0 amide bonds. The van der Waals surface area contributed by atoms with Crippen molar-refractivity contribution < 1.29 is 0 Å². The molecule has 11 aromatic rings. The summed E-state index contributed by atoms with van der Waals surface area (Å²) in [5, 5.41) is 7.57. The lowest BCUT2D eigenvalue weighted by atomic mass is 9.91. The number of hydrogen-bond acceptors (Lipinski definition) is 0. The molecule has 0 bridgehead atoms. The second-order valence-electron chi connectivity index (χ2n) is 14.1. The van der Waals surface area contributed by atoms with Crippen molar-refractivity contribution in [1.29, 1.82) is 0 Å². The standard InChI is InChI=1S/C52H34N2/c1-2-14-35(15-3-1)42-25-13-29-50-52(42)46-22-6-9-28-49(46)53(50)39-32-30-36(31-33-39)41-23-11-16-37-17-12-24-43(51(37)41)38-18-10-19-40(34-38)54-47-26-7-4-20-44(47)45-21-5-8-27-48(45)54/h1-34H. The number of para-hydroxylation sites is 3. The van der Waals surface area contributed by atoms with Crippen molar-refractivity contribution in [2.45, 2.75) is 0 Å². The molecule has 2 nitrogen and oxygen atoms in total. The third-order valence-corrected chi connectivity index (χ3v) is 11.1. The van der Waals surface area contributed by atoms with E-state index >= 15 is 0 Å². The molecule has 2 heterocycles. The summed E-state index contributed by atoms with van der Waals surface area (Å²) in [6.45, 7) is 0. The smallest absolute Gasteiger partial charge is 0.0547 e. The summed E-state index contributed by atoms with van der Waals surface area (Å²) < 4.78 is 4.81. The van der Waals surface area contributed by atoms with Crippen LogP contribution in [0.25, 0.3) is 99.1 Å². The number of fused-ring (bicyclic) bond motifs is 7. The van der Waals surface area contributed by atoms with Crippen molar-refractivity contribution in [3.8, 4) is 44.8 Å². The van der Waals surface area contributed by atoms with E-state index in [1.165, 1.54) is 87.8 Å². The van der Waals surface area contributed by atoms with Crippen molar-refractivity contribution >= 4 is 54.4 Å². The number of rotatable bonds is 5. The van der Waals surface area contributed by atoms with E-state index in [1.54, 1.807) is 0 Å². The summed E-state index contributed by atoms with van der Waals surface area (Å²) in [4.78, 5) is 0. The molecule has 0 aliphatic heterocycles. The number of benzene rings is 9. The normalized spacial score (nSPS) is 11.7. The van der Waals surface area contributed by atoms with E-state index in [1.807, 2.05) is 0 Å². The Labute approximate surface area is 313 Å². The highest BCUT2D eigenvalue weighted by molar-refractivity contribution is 6.16. The molecule has 0 radical (unpaired) electrons. The van der Waals surface area contributed by atoms with Crippen LogP contribution in [0.4, 0.5) is 0 Å². The predicted octanol–water partition coefficient (Wildman–Crippen LogP) is 14.0. The third-order valence-electron chi connectivity index (χ3n) is 11.1. The van der Waals surface area contributed by atoms with Gasteiger partial charge in [0.25, 0.3) is 0 Å². The molecular weight excluding hydrogens is 653 g/mol. The Morgan fingerprint density at radius 3 is 1.41 bits per heavy atom. The molecule has 2 aromatic heterocycles. The first kappa shape index (κ1) is 30.5. The fraction of sp³-hybridized carbons (Fsp3) is 0. The van der Waals surface area contributed by atoms with E-state index in [2.05, 4.69) is 215 Å². The Morgan fingerprint density at radius 2 is 0.722 bits per heavy atom. The minimum atomic E-state index is 1.15. The molecule has 11 rings (SSSR count). The molecule has 0 spiro atoms. The van der Waals surface area contributed by atoms with Crippen molar-refractivity contribution in [3.63, 3.8) is 0 Å². The van der Waals surface area contributed by atoms with Gasteiger partial charge in [0.15, 0.2) is 0 Å². The van der Waals surface area contributed by atoms with Gasteiger partial charge in [-0.05, 0) is 92.7 Å². The number of aromatic nitrogens is 2. The van der Waals surface area contributed by atoms with Crippen LogP contribution >= 0.6 is 0 Å². The van der Waals surface area contributed by atoms with Gasteiger partial charge in [0, 0.05) is 32.9 Å². The van der Waals surface area contributed by atoms with Gasteiger partial charge in [0.2, 0.25) is 0 Å². The second kappa shape index (κ2) is 12.2. The largest absolute Gasteiger partial charge is 0.309 e. The van der Waals surface area contributed by atoms with Crippen LogP contribution < -0.4 is 0 Å². The molecule has 0 fully saturated rings. The number of nitrogens with zero attached hydrogens (tertiary/aromatic N) is 2. The predicted molar refractivity (Wildman–Crippen MR) is 229 cm³/mol. The lowest BCUT2D eigenvalue weighted by molar-refractivity contribution is 1.18. The average Bonchev–Trinajstić information content (AvgIpc) is 3.77. The highest BCUT2D eigenvalue weighted by atomic mass is 15.0. The van der Waals surface area contributed by atoms with Crippen molar-refractivity contribution in [3.05, 3.63) is 206 Å². The topological polar surface area (TPSA) is 9.86 Å². The zero-order valence-corrected chi connectivity index (χ0v) is 29.5. The Morgan fingerprint density at radius 1 is 0.259 bits per heavy atom. The van der Waals surface area contributed by atoms with Gasteiger partial charge in [-0.15, -0.1) is 0 Å². The third kappa shape index (κ3) is 4.67. The van der Waals surface area contributed by atoms with E-state index in [9.17, 15) is 0 Å². The van der Waals surface area contributed by atoms with Crippen LogP contribution in [0.5, 0.6) is 0 Å². The van der Waals surface area contributed by atoms with Gasteiger partial charge in [0.05, 0.1) is 22.1 Å². The first-order valence-electron chi connectivity index (χ1n) is 18.6. The minimum Gasteiger partial charge on any atom is -0.309 e. The molecule has 9 aromatic carbocycles. The Kier molecular flexibility index (Phi) is 6.90. The van der Waals surface area contributed by atoms with Gasteiger partial charge in [-0.25, -0.2) is 0 Å². The maximum atomic E-state index is 2.41. The second-order valence-corrected chi connectivity index (χ2v) is 14.1. The van der Waals surface area contributed by atoms with E-state index in [4.69, 9.17) is 0 Å². The summed E-state index contributed by atoms with van der Waals surface area (Å²) >= 11 is 0. The van der Waals surface area contributed by atoms with Crippen LogP contribution in [0, 0.1) is 0 Å². The first-order valence-corrected chi connectivity index (χ1v) is 18.6. The molecule has 252 valence electrons. The van der Waals surface area contributed by atoms with Crippen LogP contribution in [-0.2, 0) is 0 Å². The minimum absolute atomic E-state index is 1.15.